The van der Waals surface area contributed by atoms with Crippen molar-refractivity contribution in [3.8, 4) is 11.5 Å². The van der Waals surface area contributed by atoms with E-state index < -0.39 is 0 Å². The number of nitrogens with zero attached hydrogens (tertiary/aromatic N) is 1. The third-order valence-electron chi connectivity index (χ3n) is 4.98. The number of rotatable bonds is 5. The highest BCUT2D eigenvalue weighted by molar-refractivity contribution is 6.06. The number of aryl methyl sites for hydroxylation is 1. The summed E-state index contributed by atoms with van der Waals surface area (Å²) in [6, 6.07) is 9.28. The molecule has 0 saturated carbocycles. The van der Waals surface area contributed by atoms with E-state index in [0.717, 1.165) is 40.9 Å². The van der Waals surface area contributed by atoms with Gasteiger partial charge in [0.2, 0.25) is 5.91 Å². The lowest BCUT2D eigenvalue weighted by Gasteiger charge is -2.31. The van der Waals surface area contributed by atoms with Crippen LogP contribution in [0.25, 0.3) is 6.08 Å². The molecule has 2 aromatic rings. The Morgan fingerprint density at radius 2 is 1.93 bits per heavy atom. The minimum atomic E-state index is -0.121. The van der Waals surface area contributed by atoms with Crippen molar-refractivity contribution in [2.45, 2.75) is 26.7 Å². The highest BCUT2D eigenvalue weighted by Gasteiger charge is 2.25. The van der Waals surface area contributed by atoms with Gasteiger partial charge in [0.15, 0.2) is 0 Å². The molecule has 1 heterocycles. The molecule has 0 unspecified atom stereocenters. The van der Waals surface area contributed by atoms with Crippen LogP contribution < -0.4 is 19.7 Å². The number of hydrogen-bond donors (Lipinski definition) is 1. The van der Waals surface area contributed by atoms with Crippen LogP contribution in [0.2, 0.25) is 0 Å². The van der Waals surface area contributed by atoms with Crippen molar-refractivity contribution >= 4 is 29.3 Å². The Morgan fingerprint density at radius 1 is 1.14 bits per heavy atom. The number of amides is 2. The van der Waals surface area contributed by atoms with Gasteiger partial charge in [0.25, 0.3) is 5.91 Å². The summed E-state index contributed by atoms with van der Waals surface area (Å²) in [5, 5.41) is 2.88. The quantitative estimate of drug-likeness (QED) is 0.780. The molecule has 2 amide bonds. The zero-order chi connectivity index (χ0) is 21.0. The highest BCUT2D eigenvalue weighted by Crippen LogP contribution is 2.36. The van der Waals surface area contributed by atoms with Gasteiger partial charge in [-0.25, -0.2) is 0 Å². The summed E-state index contributed by atoms with van der Waals surface area (Å²) in [4.78, 5) is 26.4. The van der Waals surface area contributed by atoms with Crippen molar-refractivity contribution in [2.24, 2.45) is 0 Å². The summed E-state index contributed by atoms with van der Waals surface area (Å²) in [7, 11) is 3.19. The van der Waals surface area contributed by atoms with Gasteiger partial charge < -0.3 is 19.7 Å². The summed E-state index contributed by atoms with van der Waals surface area (Å²) >= 11 is 0. The summed E-state index contributed by atoms with van der Waals surface area (Å²) in [6.07, 6.45) is 4.96. The Morgan fingerprint density at radius 3 is 2.62 bits per heavy atom. The number of nitrogens with one attached hydrogen (secondary N) is 1. The summed E-state index contributed by atoms with van der Waals surface area (Å²) in [5.74, 6) is 1.12. The van der Waals surface area contributed by atoms with E-state index in [4.69, 9.17) is 9.47 Å². The molecule has 0 bridgehead atoms. The van der Waals surface area contributed by atoms with Crippen molar-refractivity contribution in [3.05, 3.63) is 53.1 Å². The lowest BCUT2D eigenvalue weighted by atomic mass is 9.96. The molecule has 29 heavy (non-hydrogen) atoms. The second-order valence-corrected chi connectivity index (χ2v) is 6.97. The molecule has 0 aliphatic carbocycles. The van der Waals surface area contributed by atoms with Gasteiger partial charge in [-0.05, 0) is 61.2 Å². The Labute approximate surface area is 171 Å². The third kappa shape index (κ3) is 4.42. The summed E-state index contributed by atoms with van der Waals surface area (Å²) in [5.41, 5.74) is 4.44. The molecule has 6 nitrogen and oxygen atoms in total. The number of anilines is 2. The average molecular weight is 394 g/mol. The zero-order valence-electron chi connectivity index (χ0n) is 17.2. The van der Waals surface area contributed by atoms with Crippen molar-refractivity contribution in [1.29, 1.82) is 0 Å². The SMILES string of the molecule is COc1ccc(OC)c(/C=C/C(=O)N2CCCc3c(NC(C)=O)ccc(C)c32)c1. The molecule has 3 rings (SSSR count). The Bertz CT molecular complexity index is 966. The molecular weight excluding hydrogens is 368 g/mol. The van der Waals surface area contributed by atoms with E-state index in [2.05, 4.69) is 5.32 Å². The first-order chi connectivity index (χ1) is 13.9. The zero-order valence-corrected chi connectivity index (χ0v) is 17.2. The van der Waals surface area contributed by atoms with E-state index in [1.54, 1.807) is 31.3 Å². The lowest BCUT2D eigenvalue weighted by molar-refractivity contribution is -0.115. The fourth-order valence-corrected chi connectivity index (χ4v) is 3.66. The van der Waals surface area contributed by atoms with Crippen molar-refractivity contribution in [1.82, 2.24) is 0 Å². The number of methoxy groups -OCH3 is 2. The van der Waals surface area contributed by atoms with Gasteiger partial charge >= 0.3 is 0 Å². The molecule has 0 spiro atoms. The van der Waals surface area contributed by atoms with E-state index in [1.165, 1.54) is 6.92 Å². The predicted octanol–water partition coefficient (Wildman–Crippen LogP) is 3.96. The van der Waals surface area contributed by atoms with Crippen LogP contribution in [0.4, 0.5) is 11.4 Å². The maximum atomic E-state index is 13.1. The Kier molecular flexibility index (Phi) is 6.22. The standard InChI is InChI=1S/C23H26N2O4/c1-15-7-10-20(24-16(2)26)19-6-5-13-25(23(15)19)22(27)12-8-17-14-18(28-3)9-11-21(17)29-4/h7-12,14H,5-6,13H2,1-4H3,(H,24,26)/b12-8+. The highest BCUT2D eigenvalue weighted by atomic mass is 16.5. The van der Waals surface area contributed by atoms with Crippen LogP contribution in [0.5, 0.6) is 11.5 Å². The van der Waals surface area contributed by atoms with E-state index in [9.17, 15) is 9.59 Å². The Balaban J connectivity index is 1.93. The van der Waals surface area contributed by atoms with E-state index in [1.807, 2.05) is 37.3 Å². The molecule has 0 saturated heterocycles. The van der Waals surface area contributed by atoms with Crippen LogP contribution in [-0.4, -0.2) is 32.6 Å². The maximum absolute atomic E-state index is 13.1. The minimum Gasteiger partial charge on any atom is -0.497 e. The molecule has 0 radical (unpaired) electrons. The second kappa shape index (κ2) is 8.82. The molecular formula is C23H26N2O4. The third-order valence-corrected chi connectivity index (χ3v) is 4.98. The molecule has 0 aromatic heterocycles. The molecule has 0 fully saturated rings. The van der Waals surface area contributed by atoms with Crippen LogP contribution in [-0.2, 0) is 16.0 Å². The maximum Gasteiger partial charge on any atom is 0.251 e. The van der Waals surface area contributed by atoms with Gasteiger partial charge in [-0.15, -0.1) is 0 Å². The van der Waals surface area contributed by atoms with Crippen LogP contribution in [0, 0.1) is 6.92 Å². The van der Waals surface area contributed by atoms with Gasteiger partial charge in [-0.3, -0.25) is 9.59 Å². The summed E-state index contributed by atoms with van der Waals surface area (Å²) < 4.78 is 10.6. The molecule has 6 heteroatoms. The van der Waals surface area contributed by atoms with E-state index in [0.29, 0.717) is 18.0 Å². The largest absolute Gasteiger partial charge is 0.497 e. The number of carbonyl (C=O) groups excluding carboxylic acids is 2. The first kappa shape index (κ1) is 20.5. The topological polar surface area (TPSA) is 67.9 Å². The average Bonchev–Trinajstić information content (AvgIpc) is 2.73. The smallest absolute Gasteiger partial charge is 0.251 e. The molecule has 1 aliphatic rings. The number of ether oxygens (including phenoxy) is 2. The number of carbonyl (C=O) groups is 2. The normalized spacial score (nSPS) is 13.2. The van der Waals surface area contributed by atoms with E-state index in [-0.39, 0.29) is 11.8 Å². The Hall–Kier alpha value is -3.28. The molecule has 0 atom stereocenters. The van der Waals surface area contributed by atoms with Crippen molar-refractivity contribution < 1.29 is 19.1 Å². The van der Waals surface area contributed by atoms with Gasteiger partial charge in [0, 0.05) is 30.8 Å². The van der Waals surface area contributed by atoms with Crippen LogP contribution in [0.1, 0.15) is 30.0 Å². The summed E-state index contributed by atoms with van der Waals surface area (Å²) in [6.45, 7) is 4.11. The van der Waals surface area contributed by atoms with Crippen molar-refractivity contribution in [3.63, 3.8) is 0 Å². The van der Waals surface area contributed by atoms with Gasteiger partial charge in [-0.1, -0.05) is 6.07 Å². The second-order valence-electron chi connectivity index (χ2n) is 6.97. The minimum absolute atomic E-state index is 0.112. The number of benzene rings is 2. The number of fused-ring (bicyclic) bond motifs is 1. The van der Waals surface area contributed by atoms with Crippen molar-refractivity contribution in [2.75, 3.05) is 31.0 Å². The number of hydrogen-bond acceptors (Lipinski definition) is 4. The van der Waals surface area contributed by atoms with Crippen LogP contribution in [0.15, 0.2) is 36.4 Å². The predicted molar refractivity (Wildman–Crippen MR) is 115 cm³/mol. The molecule has 2 aromatic carbocycles. The first-order valence-electron chi connectivity index (χ1n) is 9.56. The van der Waals surface area contributed by atoms with E-state index >= 15 is 0 Å². The molecule has 152 valence electrons. The van der Waals surface area contributed by atoms with Crippen LogP contribution in [0.3, 0.4) is 0 Å². The molecule has 1 aliphatic heterocycles. The molecule has 1 N–H and O–H groups in total. The van der Waals surface area contributed by atoms with Gasteiger partial charge in [-0.2, -0.15) is 0 Å². The fourth-order valence-electron chi connectivity index (χ4n) is 3.66. The lowest BCUT2D eigenvalue weighted by Crippen LogP contribution is -2.35. The van der Waals surface area contributed by atoms with Crippen LogP contribution >= 0.6 is 0 Å². The van der Waals surface area contributed by atoms with Gasteiger partial charge in [0.1, 0.15) is 11.5 Å². The van der Waals surface area contributed by atoms with Gasteiger partial charge in [0.05, 0.1) is 19.9 Å². The monoisotopic (exact) mass is 394 g/mol. The first-order valence-corrected chi connectivity index (χ1v) is 9.56. The fraction of sp³-hybridized carbons (Fsp3) is 0.304.